The lowest BCUT2D eigenvalue weighted by Gasteiger charge is -2.36. The molecule has 2 unspecified atom stereocenters. The molecular weight excluding hydrogens is 206 g/mol. The Morgan fingerprint density at radius 2 is 2.00 bits per heavy atom. The molecular formula is C11H21N3O2. The van der Waals surface area contributed by atoms with Crippen LogP contribution in [-0.4, -0.2) is 42.4 Å². The molecule has 1 aliphatic rings. The highest BCUT2D eigenvalue weighted by Crippen LogP contribution is 2.16. The predicted molar refractivity (Wildman–Crippen MR) is 61.6 cm³/mol. The fourth-order valence-electron chi connectivity index (χ4n) is 1.77. The molecule has 5 nitrogen and oxygen atoms in total. The third kappa shape index (κ3) is 2.72. The minimum absolute atomic E-state index is 0.0281. The summed E-state index contributed by atoms with van der Waals surface area (Å²) in [6.45, 7) is 7.65. The fraction of sp³-hybridized carbons (Fsp3) is 0.818. The first-order valence-corrected chi connectivity index (χ1v) is 5.75. The number of nitrogens with two attached hydrogens (primary N) is 1. The van der Waals surface area contributed by atoms with Crippen LogP contribution >= 0.6 is 0 Å². The first kappa shape index (κ1) is 13.0. The first-order valence-electron chi connectivity index (χ1n) is 5.75. The van der Waals surface area contributed by atoms with Gasteiger partial charge in [0.05, 0.1) is 0 Å². The van der Waals surface area contributed by atoms with Crippen molar-refractivity contribution in [3.05, 3.63) is 0 Å². The average Bonchev–Trinajstić information content (AvgIpc) is 2.26. The Bertz CT molecular complexity index is 278. The van der Waals surface area contributed by atoms with Crippen molar-refractivity contribution < 1.29 is 9.59 Å². The van der Waals surface area contributed by atoms with E-state index in [0.29, 0.717) is 13.1 Å². The van der Waals surface area contributed by atoms with Gasteiger partial charge < -0.3 is 16.0 Å². The van der Waals surface area contributed by atoms with Gasteiger partial charge in [-0.15, -0.1) is 0 Å². The molecule has 0 aromatic heterocycles. The zero-order chi connectivity index (χ0) is 12.3. The Kier molecular flexibility index (Phi) is 4.29. The van der Waals surface area contributed by atoms with E-state index < -0.39 is 11.9 Å². The van der Waals surface area contributed by atoms with Crippen molar-refractivity contribution in [3.63, 3.8) is 0 Å². The minimum atomic E-state index is -0.498. The molecule has 0 saturated carbocycles. The molecule has 0 aromatic carbocycles. The number of carbonyl (C=O) groups is 2. The monoisotopic (exact) mass is 227 g/mol. The zero-order valence-corrected chi connectivity index (χ0v) is 10.2. The van der Waals surface area contributed by atoms with Crippen LogP contribution in [0.5, 0.6) is 0 Å². The van der Waals surface area contributed by atoms with Crippen molar-refractivity contribution in [2.45, 2.75) is 26.8 Å². The van der Waals surface area contributed by atoms with E-state index >= 15 is 0 Å². The molecule has 5 heteroatoms. The smallest absolute Gasteiger partial charge is 0.241 e. The van der Waals surface area contributed by atoms with Gasteiger partial charge in [0.25, 0.3) is 0 Å². The van der Waals surface area contributed by atoms with Crippen LogP contribution in [0.3, 0.4) is 0 Å². The Morgan fingerprint density at radius 1 is 1.38 bits per heavy atom. The predicted octanol–water partition coefficient (Wildman–Crippen LogP) is -0.436. The van der Waals surface area contributed by atoms with Gasteiger partial charge >= 0.3 is 0 Å². The molecule has 0 bridgehead atoms. The summed E-state index contributed by atoms with van der Waals surface area (Å²) in [7, 11) is 0. The van der Waals surface area contributed by atoms with Crippen molar-refractivity contribution in [1.29, 1.82) is 0 Å². The van der Waals surface area contributed by atoms with Gasteiger partial charge in [0, 0.05) is 25.6 Å². The quantitative estimate of drug-likeness (QED) is 0.686. The van der Waals surface area contributed by atoms with E-state index in [1.165, 1.54) is 0 Å². The third-order valence-electron chi connectivity index (χ3n) is 3.24. The van der Waals surface area contributed by atoms with Crippen molar-refractivity contribution in [3.8, 4) is 0 Å². The summed E-state index contributed by atoms with van der Waals surface area (Å²) in [5, 5.41) is 3.07. The highest BCUT2D eigenvalue weighted by molar-refractivity contribution is 5.88. The van der Waals surface area contributed by atoms with E-state index in [9.17, 15) is 9.59 Å². The maximum Gasteiger partial charge on any atom is 0.241 e. The van der Waals surface area contributed by atoms with Crippen molar-refractivity contribution >= 4 is 11.8 Å². The lowest BCUT2D eigenvalue weighted by Crippen LogP contribution is -2.59. The molecule has 1 heterocycles. The average molecular weight is 227 g/mol. The highest BCUT2D eigenvalue weighted by Gasteiger charge is 2.33. The lowest BCUT2D eigenvalue weighted by atomic mass is 9.95. The van der Waals surface area contributed by atoms with Crippen LogP contribution in [0.25, 0.3) is 0 Å². The summed E-state index contributed by atoms with van der Waals surface area (Å²) in [6.07, 6.45) is 0. The summed E-state index contributed by atoms with van der Waals surface area (Å²) >= 11 is 0. The van der Waals surface area contributed by atoms with Crippen LogP contribution in [0.1, 0.15) is 20.8 Å². The molecule has 0 aromatic rings. The summed E-state index contributed by atoms with van der Waals surface area (Å²) in [5.74, 6) is -0.201. The van der Waals surface area contributed by atoms with E-state index in [0.717, 1.165) is 6.54 Å². The number of primary amides is 1. The van der Waals surface area contributed by atoms with Crippen LogP contribution in [0.2, 0.25) is 0 Å². The van der Waals surface area contributed by atoms with Gasteiger partial charge in [-0.25, -0.2) is 0 Å². The van der Waals surface area contributed by atoms with E-state index in [1.807, 2.05) is 20.8 Å². The standard InChI is InChI=1S/C11H21N3O2/c1-7(2)8(3)11(16)14-5-4-13-6-9(14)10(12)15/h7-9,13H,4-6H2,1-3H3,(H2,12,15). The van der Waals surface area contributed by atoms with Crippen LogP contribution < -0.4 is 11.1 Å². The fourth-order valence-corrected chi connectivity index (χ4v) is 1.77. The maximum absolute atomic E-state index is 12.1. The second-order valence-electron chi connectivity index (χ2n) is 4.69. The summed E-state index contributed by atoms with van der Waals surface area (Å²) in [6, 6.07) is -0.498. The number of amides is 2. The zero-order valence-electron chi connectivity index (χ0n) is 10.2. The van der Waals surface area contributed by atoms with Crippen LogP contribution in [0, 0.1) is 11.8 Å². The third-order valence-corrected chi connectivity index (χ3v) is 3.24. The number of piperazine rings is 1. The molecule has 1 rings (SSSR count). The highest BCUT2D eigenvalue weighted by atomic mass is 16.2. The second kappa shape index (κ2) is 5.30. The van der Waals surface area contributed by atoms with Gasteiger partial charge in [-0.3, -0.25) is 9.59 Å². The first-order chi connectivity index (χ1) is 7.45. The minimum Gasteiger partial charge on any atom is -0.368 e. The molecule has 0 aliphatic carbocycles. The Labute approximate surface area is 96.4 Å². The van der Waals surface area contributed by atoms with Gasteiger partial charge in [-0.2, -0.15) is 0 Å². The van der Waals surface area contributed by atoms with Crippen molar-refractivity contribution in [2.24, 2.45) is 17.6 Å². The molecule has 0 radical (unpaired) electrons. The summed E-state index contributed by atoms with van der Waals surface area (Å²) in [4.78, 5) is 25.0. The largest absolute Gasteiger partial charge is 0.368 e. The summed E-state index contributed by atoms with van der Waals surface area (Å²) < 4.78 is 0. The Balaban J connectivity index is 2.75. The molecule has 16 heavy (non-hydrogen) atoms. The van der Waals surface area contributed by atoms with Gasteiger partial charge in [-0.1, -0.05) is 20.8 Å². The molecule has 2 amide bonds. The normalized spacial score (nSPS) is 23.2. The Hall–Kier alpha value is -1.10. The van der Waals surface area contributed by atoms with Crippen LogP contribution in [0.4, 0.5) is 0 Å². The van der Waals surface area contributed by atoms with Crippen molar-refractivity contribution in [2.75, 3.05) is 19.6 Å². The van der Waals surface area contributed by atoms with Gasteiger partial charge in [0.15, 0.2) is 0 Å². The Morgan fingerprint density at radius 3 is 2.50 bits per heavy atom. The molecule has 3 N–H and O–H groups in total. The number of hydrogen-bond acceptors (Lipinski definition) is 3. The number of hydrogen-bond donors (Lipinski definition) is 2. The van der Waals surface area contributed by atoms with Crippen molar-refractivity contribution in [1.82, 2.24) is 10.2 Å². The number of rotatable bonds is 3. The number of carbonyl (C=O) groups excluding carboxylic acids is 2. The molecule has 1 saturated heterocycles. The molecule has 2 atom stereocenters. The van der Waals surface area contributed by atoms with E-state index in [4.69, 9.17) is 5.73 Å². The van der Waals surface area contributed by atoms with E-state index in [1.54, 1.807) is 4.90 Å². The molecule has 1 fully saturated rings. The maximum atomic E-state index is 12.1. The molecule has 92 valence electrons. The van der Waals surface area contributed by atoms with E-state index in [2.05, 4.69) is 5.32 Å². The molecule has 1 aliphatic heterocycles. The van der Waals surface area contributed by atoms with Gasteiger partial charge in [-0.05, 0) is 5.92 Å². The number of nitrogens with one attached hydrogen (secondary N) is 1. The SMILES string of the molecule is CC(C)C(C)C(=O)N1CCNCC1C(N)=O. The van der Waals surface area contributed by atoms with Gasteiger partial charge in [0.2, 0.25) is 11.8 Å². The second-order valence-corrected chi connectivity index (χ2v) is 4.69. The van der Waals surface area contributed by atoms with Gasteiger partial charge in [0.1, 0.15) is 6.04 Å². The lowest BCUT2D eigenvalue weighted by molar-refractivity contribution is -0.144. The van der Waals surface area contributed by atoms with Crippen LogP contribution in [0.15, 0.2) is 0 Å². The number of nitrogens with zero attached hydrogens (tertiary/aromatic N) is 1. The topological polar surface area (TPSA) is 75.4 Å². The summed E-state index contributed by atoms with van der Waals surface area (Å²) in [5.41, 5.74) is 5.30. The van der Waals surface area contributed by atoms with Crippen LogP contribution in [-0.2, 0) is 9.59 Å². The molecule has 0 spiro atoms. The van der Waals surface area contributed by atoms with E-state index in [-0.39, 0.29) is 17.7 Å².